The zero-order valence-electron chi connectivity index (χ0n) is 7.83. The van der Waals surface area contributed by atoms with Crippen molar-refractivity contribution in [3.8, 4) is 0 Å². The Labute approximate surface area is 72.7 Å². The van der Waals surface area contributed by atoms with Gasteiger partial charge in [0.05, 0.1) is 0 Å². The molecule has 0 spiro atoms. The van der Waals surface area contributed by atoms with Gasteiger partial charge in [-0.05, 0) is 13.3 Å². The van der Waals surface area contributed by atoms with Gasteiger partial charge in [0, 0.05) is 13.5 Å². The molecule has 0 aromatic carbocycles. The highest BCUT2D eigenvalue weighted by atomic mass is 17.2. The Morgan fingerprint density at radius 3 is 2.67 bits per heavy atom. The first-order chi connectivity index (χ1) is 5.66. The molecule has 1 atom stereocenters. The molecule has 0 heterocycles. The standard InChI is InChI=1S/C8H16O4/c1-4-5-6-10-8(3)12-11-7(2)9/h8H,4-6H2,1-3H3. The third-order valence-corrected chi connectivity index (χ3v) is 1.15. The minimum atomic E-state index is -0.486. The third-order valence-electron chi connectivity index (χ3n) is 1.15. The van der Waals surface area contributed by atoms with Crippen molar-refractivity contribution in [2.75, 3.05) is 6.61 Å². The van der Waals surface area contributed by atoms with Gasteiger partial charge in [-0.1, -0.05) is 13.3 Å². The molecule has 12 heavy (non-hydrogen) atoms. The Balaban J connectivity index is 3.21. The third kappa shape index (κ3) is 7.50. The molecule has 0 aromatic rings. The summed E-state index contributed by atoms with van der Waals surface area (Å²) in [6.45, 7) is 5.65. The minimum absolute atomic E-state index is 0.471. The van der Waals surface area contributed by atoms with Gasteiger partial charge in [-0.2, -0.15) is 4.89 Å². The quantitative estimate of drug-likeness (QED) is 0.267. The number of ether oxygens (including phenoxy) is 1. The molecular weight excluding hydrogens is 160 g/mol. The number of hydrogen-bond acceptors (Lipinski definition) is 4. The molecule has 0 saturated heterocycles. The van der Waals surface area contributed by atoms with Crippen LogP contribution in [0, 0.1) is 0 Å². The van der Waals surface area contributed by atoms with Crippen LogP contribution >= 0.6 is 0 Å². The van der Waals surface area contributed by atoms with Gasteiger partial charge in [-0.25, -0.2) is 4.79 Å². The van der Waals surface area contributed by atoms with Crippen molar-refractivity contribution in [2.24, 2.45) is 0 Å². The smallest absolute Gasteiger partial charge is 0.339 e. The van der Waals surface area contributed by atoms with E-state index in [1.165, 1.54) is 6.92 Å². The number of unbranched alkanes of at least 4 members (excludes halogenated alkanes) is 1. The molecule has 0 saturated carbocycles. The zero-order chi connectivity index (χ0) is 9.40. The van der Waals surface area contributed by atoms with E-state index in [-0.39, 0.29) is 0 Å². The van der Waals surface area contributed by atoms with Crippen molar-refractivity contribution in [2.45, 2.75) is 39.9 Å². The summed E-state index contributed by atoms with van der Waals surface area (Å²) in [4.78, 5) is 19.1. The summed E-state index contributed by atoms with van der Waals surface area (Å²) in [5, 5.41) is 0. The van der Waals surface area contributed by atoms with E-state index in [0.717, 1.165) is 12.8 Å². The van der Waals surface area contributed by atoms with E-state index in [4.69, 9.17) is 4.74 Å². The van der Waals surface area contributed by atoms with Crippen LogP contribution in [-0.4, -0.2) is 18.9 Å². The predicted molar refractivity (Wildman–Crippen MR) is 43.2 cm³/mol. The second kappa shape index (κ2) is 7.06. The summed E-state index contributed by atoms with van der Waals surface area (Å²) in [7, 11) is 0. The molecule has 0 rings (SSSR count). The number of hydrogen-bond donors (Lipinski definition) is 0. The molecule has 0 fully saturated rings. The van der Waals surface area contributed by atoms with E-state index in [1.54, 1.807) is 6.92 Å². The Morgan fingerprint density at radius 2 is 2.17 bits per heavy atom. The first kappa shape index (κ1) is 11.4. The normalized spacial score (nSPS) is 12.6. The lowest BCUT2D eigenvalue weighted by atomic mass is 10.4. The Hall–Kier alpha value is -0.610. The molecular formula is C8H16O4. The fourth-order valence-corrected chi connectivity index (χ4v) is 0.557. The van der Waals surface area contributed by atoms with Gasteiger partial charge in [0.2, 0.25) is 0 Å². The van der Waals surface area contributed by atoms with Crippen molar-refractivity contribution < 1.29 is 19.3 Å². The Bertz CT molecular complexity index is 124. The molecule has 1 unspecified atom stereocenters. The van der Waals surface area contributed by atoms with E-state index in [2.05, 4.69) is 16.7 Å². The Kier molecular flexibility index (Phi) is 6.70. The number of carbonyl (C=O) groups excluding carboxylic acids is 1. The van der Waals surface area contributed by atoms with Gasteiger partial charge < -0.3 is 4.74 Å². The molecule has 4 heteroatoms. The first-order valence-corrected chi connectivity index (χ1v) is 4.12. The van der Waals surface area contributed by atoms with E-state index in [9.17, 15) is 4.79 Å². The monoisotopic (exact) mass is 176 g/mol. The Morgan fingerprint density at radius 1 is 1.50 bits per heavy atom. The van der Waals surface area contributed by atoms with Crippen molar-refractivity contribution in [3.63, 3.8) is 0 Å². The highest BCUT2D eigenvalue weighted by Crippen LogP contribution is 1.97. The largest absolute Gasteiger partial charge is 0.349 e. The minimum Gasteiger partial charge on any atom is -0.349 e. The van der Waals surface area contributed by atoms with Crippen LogP contribution in [0.1, 0.15) is 33.6 Å². The van der Waals surface area contributed by atoms with Crippen molar-refractivity contribution in [3.05, 3.63) is 0 Å². The van der Waals surface area contributed by atoms with Gasteiger partial charge >= 0.3 is 5.97 Å². The predicted octanol–water partition coefficient (Wildman–Crippen LogP) is 1.64. The second-order valence-corrected chi connectivity index (χ2v) is 2.46. The fraction of sp³-hybridized carbons (Fsp3) is 0.875. The van der Waals surface area contributed by atoms with Crippen LogP contribution in [0.25, 0.3) is 0 Å². The topological polar surface area (TPSA) is 44.8 Å². The summed E-state index contributed by atoms with van der Waals surface area (Å²) < 4.78 is 5.13. The van der Waals surface area contributed by atoms with Gasteiger partial charge in [0.25, 0.3) is 0 Å². The van der Waals surface area contributed by atoms with Crippen molar-refractivity contribution in [1.29, 1.82) is 0 Å². The molecule has 4 nitrogen and oxygen atoms in total. The lowest BCUT2D eigenvalue weighted by Crippen LogP contribution is -2.15. The lowest BCUT2D eigenvalue weighted by Gasteiger charge is -2.10. The fourth-order valence-electron chi connectivity index (χ4n) is 0.557. The first-order valence-electron chi connectivity index (χ1n) is 4.12. The summed E-state index contributed by atoms with van der Waals surface area (Å²) in [5.74, 6) is -0.471. The number of rotatable bonds is 6. The van der Waals surface area contributed by atoms with Crippen LogP contribution in [0.5, 0.6) is 0 Å². The number of carbonyl (C=O) groups is 1. The van der Waals surface area contributed by atoms with Crippen molar-refractivity contribution in [1.82, 2.24) is 0 Å². The van der Waals surface area contributed by atoms with E-state index in [0.29, 0.717) is 6.61 Å². The average molecular weight is 176 g/mol. The highest BCUT2D eigenvalue weighted by molar-refractivity contribution is 5.65. The SMILES string of the molecule is CCCCOC(C)OOC(C)=O. The van der Waals surface area contributed by atoms with E-state index in [1.807, 2.05) is 0 Å². The maximum absolute atomic E-state index is 10.3. The molecule has 0 aliphatic rings. The molecule has 72 valence electrons. The molecule has 0 amide bonds. The van der Waals surface area contributed by atoms with Crippen LogP contribution in [0.4, 0.5) is 0 Å². The maximum Gasteiger partial charge on any atom is 0.339 e. The molecule has 0 radical (unpaired) electrons. The van der Waals surface area contributed by atoms with E-state index >= 15 is 0 Å². The second-order valence-electron chi connectivity index (χ2n) is 2.46. The van der Waals surface area contributed by atoms with Gasteiger partial charge in [-0.3, -0.25) is 4.89 Å². The zero-order valence-corrected chi connectivity index (χ0v) is 7.83. The van der Waals surface area contributed by atoms with Crippen LogP contribution in [0.2, 0.25) is 0 Å². The molecule has 0 aromatic heterocycles. The van der Waals surface area contributed by atoms with Crippen molar-refractivity contribution >= 4 is 5.97 Å². The molecule has 0 aliphatic carbocycles. The maximum atomic E-state index is 10.3. The van der Waals surface area contributed by atoms with E-state index < -0.39 is 12.3 Å². The van der Waals surface area contributed by atoms with Crippen LogP contribution in [-0.2, 0) is 19.3 Å². The van der Waals surface area contributed by atoms with Gasteiger partial charge in [0.15, 0.2) is 6.29 Å². The lowest BCUT2D eigenvalue weighted by molar-refractivity contribution is -0.345. The van der Waals surface area contributed by atoms with Crippen LogP contribution in [0.3, 0.4) is 0 Å². The summed E-state index contributed by atoms with van der Waals surface area (Å²) >= 11 is 0. The summed E-state index contributed by atoms with van der Waals surface area (Å²) in [6.07, 6.45) is 1.56. The average Bonchev–Trinajstić information content (AvgIpc) is 2.01. The van der Waals surface area contributed by atoms with Crippen LogP contribution < -0.4 is 0 Å². The van der Waals surface area contributed by atoms with Gasteiger partial charge in [0.1, 0.15) is 0 Å². The summed E-state index contributed by atoms with van der Waals surface area (Å²) in [5.41, 5.74) is 0. The molecule has 0 aliphatic heterocycles. The summed E-state index contributed by atoms with van der Waals surface area (Å²) in [6, 6.07) is 0. The van der Waals surface area contributed by atoms with Gasteiger partial charge in [-0.15, -0.1) is 0 Å². The molecule has 0 N–H and O–H groups in total. The highest BCUT2D eigenvalue weighted by Gasteiger charge is 2.03. The molecule has 0 bridgehead atoms. The van der Waals surface area contributed by atoms with Crippen LogP contribution in [0.15, 0.2) is 0 Å².